The van der Waals surface area contributed by atoms with Crippen LogP contribution in [0.1, 0.15) is 24.4 Å². The second-order valence-electron chi connectivity index (χ2n) is 5.06. The standard InChI is InChI=1S/C15H22N2O3/c1-20-13-6-4-12(5-7-13)14(16-15(19)11-18)10-17-8-2-3-9-17/h4-7,14,18H,2-3,8-11H2,1H3,(H,16,19)/t14-/m1/s1. The van der Waals surface area contributed by atoms with Crippen LogP contribution in [0.25, 0.3) is 0 Å². The van der Waals surface area contributed by atoms with Crippen LogP contribution in [0.3, 0.4) is 0 Å². The molecule has 1 aliphatic rings. The molecule has 1 saturated heterocycles. The summed E-state index contributed by atoms with van der Waals surface area (Å²) in [7, 11) is 1.63. The molecule has 2 rings (SSSR count). The number of methoxy groups -OCH3 is 1. The van der Waals surface area contributed by atoms with E-state index in [-0.39, 0.29) is 11.9 Å². The number of aliphatic hydroxyl groups excluding tert-OH is 1. The van der Waals surface area contributed by atoms with Gasteiger partial charge >= 0.3 is 0 Å². The Morgan fingerprint density at radius 3 is 2.55 bits per heavy atom. The minimum absolute atomic E-state index is 0.0985. The summed E-state index contributed by atoms with van der Waals surface area (Å²) in [5, 5.41) is 11.8. The summed E-state index contributed by atoms with van der Waals surface area (Å²) in [6, 6.07) is 7.59. The molecule has 0 aliphatic carbocycles. The fraction of sp³-hybridized carbons (Fsp3) is 0.533. The van der Waals surface area contributed by atoms with Gasteiger partial charge in [-0.05, 0) is 43.6 Å². The Morgan fingerprint density at radius 2 is 2.00 bits per heavy atom. The molecule has 0 aromatic heterocycles. The zero-order chi connectivity index (χ0) is 14.4. The van der Waals surface area contributed by atoms with Gasteiger partial charge in [0.05, 0.1) is 13.2 Å². The number of rotatable bonds is 6. The van der Waals surface area contributed by atoms with E-state index in [2.05, 4.69) is 10.2 Å². The van der Waals surface area contributed by atoms with Crippen molar-refractivity contribution in [2.24, 2.45) is 0 Å². The molecule has 1 atom stereocenters. The first-order chi connectivity index (χ1) is 9.72. The number of likely N-dealkylation sites (tertiary alicyclic amines) is 1. The number of ether oxygens (including phenoxy) is 1. The second-order valence-corrected chi connectivity index (χ2v) is 5.06. The number of hydrogen-bond donors (Lipinski definition) is 2. The van der Waals surface area contributed by atoms with Crippen molar-refractivity contribution in [2.75, 3.05) is 33.4 Å². The van der Waals surface area contributed by atoms with E-state index in [0.717, 1.165) is 30.9 Å². The third-order valence-corrected chi connectivity index (χ3v) is 3.64. The highest BCUT2D eigenvalue weighted by Gasteiger charge is 2.20. The molecule has 0 radical (unpaired) electrons. The lowest BCUT2D eigenvalue weighted by molar-refractivity contribution is -0.124. The third kappa shape index (κ3) is 3.95. The summed E-state index contributed by atoms with van der Waals surface area (Å²) < 4.78 is 5.15. The molecule has 1 aliphatic heterocycles. The van der Waals surface area contributed by atoms with E-state index in [1.807, 2.05) is 24.3 Å². The fourth-order valence-corrected chi connectivity index (χ4v) is 2.53. The van der Waals surface area contributed by atoms with Gasteiger partial charge in [0.1, 0.15) is 12.4 Å². The van der Waals surface area contributed by atoms with Crippen molar-refractivity contribution < 1.29 is 14.6 Å². The quantitative estimate of drug-likeness (QED) is 0.813. The van der Waals surface area contributed by atoms with E-state index in [9.17, 15) is 4.79 Å². The molecule has 0 unspecified atom stereocenters. The van der Waals surface area contributed by atoms with Crippen LogP contribution in [-0.4, -0.2) is 49.3 Å². The largest absolute Gasteiger partial charge is 0.497 e. The van der Waals surface area contributed by atoms with E-state index in [1.54, 1.807) is 7.11 Å². The molecule has 1 aromatic carbocycles. The summed E-state index contributed by atoms with van der Waals surface area (Å²) in [6.45, 7) is 2.44. The van der Waals surface area contributed by atoms with Crippen molar-refractivity contribution in [3.8, 4) is 5.75 Å². The first-order valence-corrected chi connectivity index (χ1v) is 6.99. The highest BCUT2D eigenvalue weighted by Crippen LogP contribution is 2.20. The molecular weight excluding hydrogens is 256 g/mol. The normalized spacial score (nSPS) is 16.9. The smallest absolute Gasteiger partial charge is 0.246 e. The first-order valence-electron chi connectivity index (χ1n) is 6.99. The van der Waals surface area contributed by atoms with E-state index >= 15 is 0 Å². The van der Waals surface area contributed by atoms with Crippen LogP contribution < -0.4 is 10.1 Å². The maximum Gasteiger partial charge on any atom is 0.246 e. The SMILES string of the molecule is COc1ccc([C@@H](CN2CCCC2)NC(=O)CO)cc1. The molecule has 1 heterocycles. The van der Waals surface area contributed by atoms with E-state index in [1.165, 1.54) is 12.8 Å². The topological polar surface area (TPSA) is 61.8 Å². The summed E-state index contributed by atoms with van der Waals surface area (Å²) in [5.74, 6) is 0.451. The molecule has 0 spiro atoms. The van der Waals surface area contributed by atoms with Gasteiger partial charge in [-0.2, -0.15) is 0 Å². The van der Waals surface area contributed by atoms with Crippen molar-refractivity contribution in [2.45, 2.75) is 18.9 Å². The van der Waals surface area contributed by atoms with Gasteiger partial charge in [0, 0.05) is 6.54 Å². The predicted molar refractivity (Wildman–Crippen MR) is 76.6 cm³/mol. The Morgan fingerprint density at radius 1 is 1.35 bits per heavy atom. The average Bonchev–Trinajstić information content (AvgIpc) is 2.99. The fourth-order valence-electron chi connectivity index (χ4n) is 2.53. The Labute approximate surface area is 119 Å². The molecule has 20 heavy (non-hydrogen) atoms. The maximum atomic E-state index is 11.5. The Balaban J connectivity index is 2.08. The summed E-state index contributed by atoms with van der Waals surface area (Å²) >= 11 is 0. The minimum atomic E-state index is -0.480. The molecule has 110 valence electrons. The molecule has 0 saturated carbocycles. The first kappa shape index (κ1) is 14.8. The molecule has 5 nitrogen and oxygen atoms in total. The lowest BCUT2D eigenvalue weighted by Gasteiger charge is -2.24. The molecular formula is C15H22N2O3. The van der Waals surface area contributed by atoms with Gasteiger partial charge in [0.15, 0.2) is 0 Å². The minimum Gasteiger partial charge on any atom is -0.497 e. The van der Waals surface area contributed by atoms with Gasteiger partial charge in [-0.3, -0.25) is 4.79 Å². The summed E-state index contributed by atoms with van der Waals surface area (Å²) in [4.78, 5) is 13.8. The summed E-state index contributed by atoms with van der Waals surface area (Å²) in [5.41, 5.74) is 1.03. The highest BCUT2D eigenvalue weighted by atomic mass is 16.5. The van der Waals surface area contributed by atoms with Crippen LogP contribution in [0.4, 0.5) is 0 Å². The van der Waals surface area contributed by atoms with Crippen LogP contribution in [0.5, 0.6) is 5.75 Å². The molecule has 1 aromatic rings. The van der Waals surface area contributed by atoms with E-state index in [4.69, 9.17) is 9.84 Å². The summed E-state index contributed by atoms with van der Waals surface area (Å²) in [6.07, 6.45) is 2.42. The van der Waals surface area contributed by atoms with Crippen molar-refractivity contribution in [3.63, 3.8) is 0 Å². The van der Waals surface area contributed by atoms with Crippen molar-refractivity contribution in [1.82, 2.24) is 10.2 Å². The number of amides is 1. The van der Waals surface area contributed by atoms with Gasteiger partial charge in [-0.15, -0.1) is 0 Å². The predicted octanol–water partition coefficient (Wildman–Crippen LogP) is 0.941. The van der Waals surface area contributed by atoms with Crippen molar-refractivity contribution in [3.05, 3.63) is 29.8 Å². The van der Waals surface area contributed by atoms with Crippen LogP contribution >= 0.6 is 0 Å². The Kier molecular flexibility index (Phi) is 5.38. The highest BCUT2D eigenvalue weighted by molar-refractivity contribution is 5.77. The van der Waals surface area contributed by atoms with Crippen LogP contribution in [-0.2, 0) is 4.79 Å². The molecule has 2 N–H and O–H groups in total. The van der Waals surface area contributed by atoms with Crippen molar-refractivity contribution >= 4 is 5.91 Å². The van der Waals surface area contributed by atoms with Gasteiger partial charge in [0.2, 0.25) is 5.91 Å². The molecule has 5 heteroatoms. The van der Waals surface area contributed by atoms with E-state index < -0.39 is 6.61 Å². The average molecular weight is 278 g/mol. The number of nitrogens with one attached hydrogen (secondary N) is 1. The third-order valence-electron chi connectivity index (χ3n) is 3.64. The van der Waals surface area contributed by atoms with Crippen molar-refractivity contribution in [1.29, 1.82) is 0 Å². The number of carbonyl (C=O) groups is 1. The van der Waals surface area contributed by atoms with Gasteiger partial charge in [-0.1, -0.05) is 12.1 Å². The lowest BCUT2D eigenvalue weighted by Crippen LogP contribution is -2.38. The molecule has 1 fully saturated rings. The number of carbonyl (C=O) groups excluding carboxylic acids is 1. The molecule has 0 bridgehead atoms. The van der Waals surface area contributed by atoms with Gasteiger partial charge in [0.25, 0.3) is 0 Å². The lowest BCUT2D eigenvalue weighted by atomic mass is 10.1. The van der Waals surface area contributed by atoms with Crippen LogP contribution in [0.15, 0.2) is 24.3 Å². The van der Waals surface area contributed by atoms with Crippen LogP contribution in [0, 0.1) is 0 Å². The van der Waals surface area contributed by atoms with E-state index in [0.29, 0.717) is 0 Å². The zero-order valence-corrected chi connectivity index (χ0v) is 11.8. The number of benzene rings is 1. The van der Waals surface area contributed by atoms with Gasteiger partial charge < -0.3 is 20.1 Å². The number of nitrogens with zero attached hydrogens (tertiary/aromatic N) is 1. The molecule has 1 amide bonds. The Bertz CT molecular complexity index is 427. The number of hydrogen-bond acceptors (Lipinski definition) is 4. The second kappa shape index (κ2) is 7.26. The monoisotopic (exact) mass is 278 g/mol. The Hall–Kier alpha value is -1.59. The van der Waals surface area contributed by atoms with Crippen LogP contribution in [0.2, 0.25) is 0 Å². The maximum absolute atomic E-state index is 11.5. The van der Waals surface area contributed by atoms with Gasteiger partial charge in [-0.25, -0.2) is 0 Å². The number of aliphatic hydroxyl groups is 1. The zero-order valence-electron chi connectivity index (χ0n) is 11.8.